The van der Waals surface area contributed by atoms with Crippen LogP contribution in [0.4, 0.5) is 0 Å². The number of benzene rings is 2. The van der Waals surface area contributed by atoms with Crippen LogP contribution in [0.15, 0.2) is 48.8 Å². The minimum Gasteiger partial charge on any atom is -0.496 e. The van der Waals surface area contributed by atoms with E-state index in [0.29, 0.717) is 11.5 Å². The van der Waals surface area contributed by atoms with Crippen molar-refractivity contribution in [3.05, 3.63) is 48.8 Å². The molecule has 0 atom stereocenters. The fourth-order valence-electron chi connectivity index (χ4n) is 2.60. The standard InChI is InChI=1S/C18H17NO3/c1-20-16-11-17(21-2)18(22-3)14-5-4-13(10-15(14)16)12-6-8-19-9-7-12/h4-11H,1-3H3. The summed E-state index contributed by atoms with van der Waals surface area (Å²) < 4.78 is 16.4. The maximum absolute atomic E-state index is 5.51. The lowest BCUT2D eigenvalue weighted by Crippen LogP contribution is -1.95. The third-order valence-electron chi connectivity index (χ3n) is 3.67. The Morgan fingerprint density at radius 3 is 2.05 bits per heavy atom. The van der Waals surface area contributed by atoms with Crippen LogP contribution in [0.5, 0.6) is 17.2 Å². The Bertz CT molecular complexity index is 800. The van der Waals surface area contributed by atoms with Gasteiger partial charge in [0.05, 0.1) is 21.3 Å². The van der Waals surface area contributed by atoms with E-state index in [-0.39, 0.29) is 0 Å². The van der Waals surface area contributed by atoms with E-state index in [2.05, 4.69) is 17.1 Å². The second-order valence-electron chi connectivity index (χ2n) is 4.81. The number of aromatic nitrogens is 1. The highest BCUT2D eigenvalue weighted by Gasteiger charge is 2.14. The van der Waals surface area contributed by atoms with Crippen LogP contribution in [0, 0.1) is 0 Å². The van der Waals surface area contributed by atoms with Crippen LogP contribution in [0.3, 0.4) is 0 Å². The van der Waals surface area contributed by atoms with Crippen molar-refractivity contribution in [3.8, 4) is 28.4 Å². The van der Waals surface area contributed by atoms with E-state index in [0.717, 1.165) is 27.6 Å². The van der Waals surface area contributed by atoms with Gasteiger partial charge in [-0.2, -0.15) is 0 Å². The largest absolute Gasteiger partial charge is 0.496 e. The number of ether oxygens (including phenoxy) is 3. The summed E-state index contributed by atoms with van der Waals surface area (Å²) in [5, 5.41) is 1.94. The van der Waals surface area contributed by atoms with Crippen molar-refractivity contribution in [1.29, 1.82) is 0 Å². The molecular weight excluding hydrogens is 278 g/mol. The topological polar surface area (TPSA) is 40.6 Å². The predicted molar refractivity (Wildman–Crippen MR) is 86.8 cm³/mol. The van der Waals surface area contributed by atoms with E-state index >= 15 is 0 Å². The van der Waals surface area contributed by atoms with Gasteiger partial charge in [0.15, 0.2) is 11.5 Å². The zero-order chi connectivity index (χ0) is 15.5. The van der Waals surface area contributed by atoms with E-state index in [1.54, 1.807) is 33.7 Å². The van der Waals surface area contributed by atoms with Crippen LogP contribution in [-0.4, -0.2) is 26.3 Å². The highest BCUT2D eigenvalue weighted by atomic mass is 16.5. The molecule has 22 heavy (non-hydrogen) atoms. The molecule has 0 saturated heterocycles. The molecule has 0 aliphatic rings. The molecule has 0 unspecified atom stereocenters. The zero-order valence-electron chi connectivity index (χ0n) is 12.8. The van der Waals surface area contributed by atoms with Gasteiger partial charge in [-0.25, -0.2) is 0 Å². The Morgan fingerprint density at radius 1 is 0.682 bits per heavy atom. The van der Waals surface area contributed by atoms with Crippen molar-refractivity contribution in [2.45, 2.75) is 0 Å². The molecule has 0 fully saturated rings. The van der Waals surface area contributed by atoms with Crippen molar-refractivity contribution in [2.75, 3.05) is 21.3 Å². The number of rotatable bonds is 4. The molecule has 1 heterocycles. The number of pyridine rings is 1. The summed E-state index contributed by atoms with van der Waals surface area (Å²) in [5.74, 6) is 2.12. The molecule has 0 spiro atoms. The first-order chi connectivity index (χ1) is 10.8. The second kappa shape index (κ2) is 5.93. The quantitative estimate of drug-likeness (QED) is 0.731. The van der Waals surface area contributed by atoms with Gasteiger partial charge in [-0.1, -0.05) is 6.07 Å². The summed E-state index contributed by atoms with van der Waals surface area (Å²) in [6, 6.07) is 12.0. The lowest BCUT2D eigenvalue weighted by molar-refractivity contribution is 0.353. The van der Waals surface area contributed by atoms with E-state index in [1.807, 2.05) is 24.3 Å². The maximum Gasteiger partial charge on any atom is 0.168 e. The SMILES string of the molecule is COc1cc(OC)c2cc(-c3ccncc3)ccc2c1OC. The molecule has 1 aromatic heterocycles. The number of fused-ring (bicyclic) bond motifs is 1. The summed E-state index contributed by atoms with van der Waals surface area (Å²) in [4.78, 5) is 4.06. The van der Waals surface area contributed by atoms with E-state index in [4.69, 9.17) is 14.2 Å². The molecule has 3 aromatic rings. The van der Waals surface area contributed by atoms with Gasteiger partial charge in [-0.15, -0.1) is 0 Å². The van der Waals surface area contributed by atoms with Gasteiger partial charge in [0, 0.05) is 29.2 Å². The first-order valence-corrected chi connectivity index (χ1v) is 6.91. The maximum atomic E-state index is 5.51. The summed E-state index contributed by atoms with van der Waals surface area (Å²) in [6.07, 6.45) is 3.57. The summed E-state index contributed by atoms with van der Waals surface area (Å²) in [5.41, 5.74) is 2.20. The van der Waals surface area contributed by atoms with Crippen molar-refractivity contribution >= 4 is 10.8 Å². The Balaban J connectivity index is 2.28. The number of hydrogen-bond donors (Lipinski definition) is 0. The van der Waals surface area contributed by atoms with Crippen LogP contribution in [-0.2, 0) is 0 Å². The van der Waals surface area contributed by atoms with Gasteiger partial charge in [0.1, 0.15) is 5.75 Å². The van der Waals surface area contributed by atoms with E-state index in [1.165, 1.54) is 0 Å². The predicted octanol–water partition coefficient (Wildman–Crippen LogP) is 3.93. The minimum absolute atomic E-state index is 0.656. The van der Waals surface area contributed by atoms with E-state index in [9.17, 15) is 0 Å². The Morgan fingerprint density at radius 2 is 1.41 bits per heavy atom. The van der Waals surface area contributed by atoms with Crippen LogP contribution < -0.4 is 14.2 Å². The Labute approximate surface area is 129 Å². The number of nitrogens with zero attached hydrogens (tertiary/aromatic N) is 1. The summed E-state index contributed by atoms with van der Waals surface area (Å²) in [7, 11) is 4.91. The molecular formula is C18H17NO3. The van der Waals surface area contributed by atoms with Crippen LogP contribution in [0.2, 0.25) is 0 Å². The highest BCUT2D eigenvalue weighted by Crippen LogP contribution is 2.42. The first kappa shape index (κ1) is 14.2. The van der Waals surface area contributed by atoms with Crippen molar-refractivity contribution in [2.24, 2.45) is 0 Å². The van der Waals surface area contributed by atoms with Crippen molar-refractivity contribution in [1.82, 2.24) is 4.98 Å². The van der Waals surface area contributed by atoms with Gasteiger partial charge in [-0.3, -0.25) is 4.98 Å². The van der Waals surface area contributed by atoms with Crippen LogP contribution >= 0.6 is 0 Å². The molecule has 0 aliphatic heterocycles. The van der Waals surface area contributed by atoms with Gasteiger partial charge in [0.2, 0.25) is 0 Å². The van der Waals surface area contributed by atoms with Crippen molar-refractivity contribution in [3.63, 3.8) is 0 Å². The number of hydrogen-bond acceptors (Lipinski definition) is 4. The van der Waals surface area contributed by atoms with Crippen molar-refractivity contribution < 1.29 is 14.2 Å². The lowest BCUT2D eigenvalue weighted by Gasteiger charge is -2.15. The third kappa shape index (κ3) is 2.33. The molecule has 0 radical (unpaired) electrons. The van der Waals surface area contributed by atoms with Gasteiger partial charge in [-0.05, 0) is 35.4 Å². The molecule has 0 aliphatic carbocycles. The van der Waals surface area contributed by atoms with E-state index < -0.39 is 0 Å². The normalized spacial score (nSPS) is 10.5. The van der Waals surface area contributed by atoms with Gasteiger partial charge < -0.3 is 14.2 Å². The van der Waals surface area contributed by atoms with Crippen LogP contribution in [0.25, 0.3) is 21.9 Å². The smallest absolute Gasteiger partial charge is 0.168 e. The summed E-state index contributed by atoms with van der Waals surface area (Å²) in [6.45, 7) is 0. The first-order valence-electron chi connectivity index (χ1n) is 6.91. The monoisotopic (exact) mass is 295 g/mol. The highest BCUT2D eigenvalue weighted by molar-refractivity contribution is 5.98. The Hall–Kier alpha value is -2.75. The molecule has 2 aromatic carbocycles. The molecule has 0 bridgehead atoms. The fraction of sp³-hybridized carbons (Fsp3) is 0.167. The molecule has 0 N–H and O–H groups in total. The molecule has 3 rings (SSSR count). The van der Waals surface area contributed by atoms with Crippen LogP contribution in [0.1, 0.15) is 0 Å². The molecule has 4 nitrogen and oxygen atoms in total. The fourth-order valence-corrected chi connectivity index (χ4v) is 2.60. The lowest BCUT2D eigenvalue weighted by atomic mass is 10.0. The zero-order valence-corrected chi connectivity index (χ0v) is 12.8. The molecule has 0 saturated carbocycles. The molecule has 112 valence electrons. The summed E-state index contributed by atoms with van der Waals surface area (Å²) >= 11 is 0. The third-order valence-corrected chi connectivity index (χ3v) is 3.67. The molecule has 0 amide bonds. The van der Waals surface area contributed by atoms with Gasteiger partial charge in [0.25, 0.3) is 0 Å². The average Bonchev–Trinajstić information content (AvgIpc) is 2.60. The Kier molecular flexibility index (Phi) is 3.83. The number of methoxy groups -OCH3 is 3. The molecule has 4 heteroatoms. The second-order valence-corrected chi connectivity index (χ2v) is 4.81. The van der Waals surface area contributed by atoms with Gasteiger partial charge >= 0.3 is 0 Å². The minimum atomic E-state index is 0.656. The average molecular weight is 295 g/mol.